The van der Waals surface area contributed by atoms with Crippen LogP contribution in [0.25, 0.3) is 0 Å². The summed E-state index contributed by atoms with van der Waals surface area (Å²) in [6.45, 7) is 6.11. The van der Waals surface area contributed by atoms with E-state index in [1.165, 1.54) is 4.31 Å². The van der Waals surface area contributed by atoms with Crippen molar-refractivity contribution in [2.24, 2.45) is 0 Å². The van der Waals surface area contributed by atoms with Crippen LogP contribution in [0.15, 0.2) is 22.8 Å². The lowest BCUT2D eigenvalue weighted by Gasteiger charge is -2.33. The Morgan fingerprint density at radius 1 is 1.35 bits per heavy atom. The zero-order chi connectivity index (χ0) is 16.3. The van der Waals surface area contributed by atoms with Gasteiger partial charge in [-0.3, -0.25) is 4.90 Å². The maximum Gasteiger partial charge on any atom is 0.280 e. The topological polar surface area (TPSA) is 75.0 Å². The summed E-state index contributed by atoms with van der Waals surface area (Å²) in [5, 5.41) is 0. The van der Waals surface area contributed by atoms with Gasteiger partial charge in [-0.25, -0.2) is 4.72 Å². The minimum atomic E-state index is -3.50. The molecule has 8 heteroatoms. The van der Waals surface area contributed by atoms with Crippen LogP contribution in [0.2, 0.25) is 0 Å². The van der Waals surface area contributed by atoms with E-state index in [-0.39, 0.29) is 12.1 Å². The number of morpholine rings is 1. The Balaban J connectivity index is 1.59. The van der Waals surface area contributed by atoms with Gasteiger partial charge < -0.3 is 9.15 Å². The number of nitrogens with zero attached hydrogens (tertiary/aromatic N) is 2. The van der Waals surface area contributed by atoms with Crippen LogP contribution >= 0.6 is 0 Å². The van der Waals surface area contributed by atoms with Crippen molar-refractivity contribution in [3.63, 3.8) is 0 Å². The first-order chi connectivity index (χ1) is 11.1. The summed E-state index contributed by atoms with van der Waals surface area (Å²) in [7, 11) is -3.50. The Morgan fingerprint density at radius 2 is 2.13 bits per heavy atom. The second-order valence-corrected chi connectivity index (χ2v) is 7.84. The second-order valence-electron chi connectivity index (χ2n) is 6.14. The maximum atomic E-state index is 12.7. The summed E-state index contributed by atoms with van der Waals surface area (Å²) < 4.78 is 40.3. The predicted octanol–water partition coefficient (Wildman–Crippen LogP) is 0.972. The third kappa shape index (κ3) is 3.95. The molecular weight excluding hydrogens is 318 g/mol. The minimum Gasteiger partial charge on any atom is -0.468 e. The van der Waals surface area contributed by atoms with E-state index >= 15 is 0 Å². The van der Waals surface area contributed by atoms with E-state index < -0.39 is 10.2 Å². The van der Waals surface area contributed by atoms with E-state index in [9.17, 15) is 8.42 Å². The highest BCUT2D eigenvalue weighted by molar-refractivity contribution is 7.87. The van der Waals surface area contributed by atoms with Crippen molar-refractivity contribution in [2.45, 2.75) is 31.8 Å². The number of nitrogens with one attached hydrogen (secondary N) is 1. The van der Waals surface area contributed by atoms with E-state index in [4.69, 9.17) is 9.15 Å². The Labute approximate surface area is 137 Å². The Morgan fingerprint density at radius 3 is 2.83 bits per heavy atom. The van der Waals surface area contributed by atoms with Gasteiger partial charge in [-0.15, -0.1) is 0 Å². The first-order valence-electron chi connectivity index (χ1n) is 8.19. The van der Waals surface area contributed by atoms with Gasteiger partial charge in [0.25, 0.3) is 10.2 Å². The van der Waals surface area contributed by atoms with Crippen LogP contribution in [0.1, 0.15) is 31.6 Å². The molecule has 0 amide bonds. The largest absolute Gasteiger partial charge is 0.468 e. The molecule has 0 saturated carbocycles. The summed E-state index contributed by atoms with van der Waals surface area (Å²) >= 11 is 0. The molecule has 0 bridgehead atoms. The van der Waals surface area contributed by atoms with E-state index in [0.717, 1.165) is 25.9 Å². The summed E-state index contributed by atoms with van der Waals surface area (Å²) in [6, 6.07) is 3.60. The normalized spacial score (nSPS) is 25.7. The maximum absolute atomic E-state index is 12.7. The molecule has 0 spiro atoms. The summed E-state index contributed by atoms with van der Waals surface area (Å²) in [5.74, 6) is 0.717. The van der Waals surface area contributed by atoms with Crippen LogP contribution in [-0.2, 0) is 14.9 Å². The molecule has 2 saturated heterocycles. The zero-order valence-corrected chi connectivity index (χ0v) is 14.3. The van der Waals surface area contributed by atoms with Crippen molar-refractivity contribution >= 4 is 10.2 Å². The van der Waals surface area contributed by atoms with Crippen LogP contribution < -0.4 is 4.72 Å². The summed E-state index contributed by atoms with van der Waals surface area (Å²) in [4.78, 5) is 2.25. The SMILES string of the molecule is C[C@H](CNS(=O)(=O)N1CCC[C@@H]1c1ccco1)N1CCOCC1. The van der Waals surface area contributed by atoms with Gasteiger partial charge >= 0.3 is 0 Å². The number of hydrogen-bond acceptors (Lipinski definition) is 5. The molecule has 0 aromatic carbocycles. The molecule has 1 N–H and O–H groups in total. The minimum absolute atomic E-state index is 0.151. The van der Waals surface area contributed by atoms with Gasteiger partial charge in [0.05, 0.1) is 25.5 Å². The van der Waals surface area contributed by atoms with Gasteiger partial charge in [0, 0.05) is 32.2 Å². The molecule has 2 fully saturated rings. The molecule has 0 radical (unpaired) electrons. The van der Waals surface area contributed by atoms with Crippen molar-refractivity contribution < 1.29 is 17.6 Å². The van der Waals surface area contributed by atoms with Crippen LogP contribution in [0.4, 0.5) is 0 Å². The average molecular weight is 343 g/mol. The lowest BCUT2D eigenvalue weighted by Crippen LogP contribution is -2.49. The predicted molar refractivity (Wildman–Crippen MR) is 86.2 cm³/mol. The molecule has 0 unspecified atom stereocenters. The first kappa shape index (κ1) is 16.9. The molecule has 3 rings (SSSR count). The molecule has 1 aromatic rings. The number of ether oxygens (including phenoxy) is 1. The van der Waals surface area contributed by atoms with Crippen LogP contribution in [-0.4, -0.2) is 63.1 Å². The Bertz CT molecular complexity index is 584. The van der Waals surface area contributed by atoms with Crippen LogP contribution in [0.3, 0.4) is 0 Å². The Hall–Kier alpha value is -0.930. The molecule has 130 valence electrons. The van der Waals surface area contributed by atoms with Gasteiger partial charge in [0.15, 0.2) is 0 Å². The lowest BCUT2D eigenvalue weighted by molar-refractivity contribution is 0.0213. The highest BCUT2D eigenvalue weighted by atomic mass is 32.2. The van der Waals surface area contributed by atoms with Crippen molar-refractivity contribution in [2.75, 3.05) is 39.4 Å². The van der Waals surface area contributed by atoms with Gasteiger partial charge in [-0.05, 0) is 31.9 Å². The van der Waals surface area contributed by atoms with Crippen LogP contribution in [0.5, 0.6) is 0 Å². The molecular formula is C15H25N3O4S. The van der Waals surface area contributed by atoms with Crippen molar-refractivity contribution in [3.05, 3.63) is 24.2 Å². The number of rotatable bonds is 6. The molecule has 7 nitrogen and oxygen atoms in total. The first-order valence-corrected chi connectivity index (χ1v) is 9.63. The Kier molecular flexibility index (Phi) is 5.38. The summed E-state index contributed by atoms with van der Waals surface area (Å²) in [5.41, 5.74) is 0. The quantitative estimate of drug-likeness (QED) is 0.833. The fraction of sp³-hybridized carbons (Fsp3) is 0.733. The molecule has 23 heavy (non-hydrogen) atoms. The van der Waals surface area contributed by atoms with Gasteiger partial charge in [0.2, 0.25) is 0 Å². The highest BCUT2D eigenvalue weighted by Gasteiger charge is 2.36. The standard InChI is InChI=1S/C15H25N3O4S/c1-13(17-7-10-21-11-8-17)12-16-23(19,20)18-6-2-4-14(18)15-5-3-9-22-15/h3,5,9,13-14,16H,2,4,6-8,10-12H2,1H3/t13-,14-/m1/s1. The zero-order valence-electron chi connectivity index (χ0n) is 13.5. The van der Waals surface area contributed by atoms with Crippen molar-refractivity contribution in [3.8, 4) is 0 Å². The lowest BCUT2D eigenvalue weighted by atomic mass is 10.2. The smallest absolute Gasteiger partial charge is 0.280 e. The second kappa shape index (κ2) is 7.31. The molecule has 1 aromatic heterocycles. The number of furan rings is 1. The van der Waals surface area contributed by atoms with Crippen molar-refractivity contribution in [1.29, 1.82) is 0 Å². The molecule has 0 aliphatic carbocycles. The molecule has 2 aliphatic heterocycles. The van der Waals surface area contributed by atoms with E-state index in [1.54, 1.807) is 12.3 Å². The monoisotopic (exact) mass is 343 g/mol. The van der Waals surface area contributed by atoms with Gasteiger partial charge in [0.1, 0.15) is 5.76 Å². The van der Waals surface area contributed by atoms with E-state index in [0.29, 0.717) is 32.1 Å². The van der Waals surface area contributed by atoms with Crippen molar-refractivity contribution in [1.82, 2.24) is 13.9 Å². The van der Waals surface area contributed by atoms with E-state index in [2.05, 4.69) is 9.62 Å². The summed E-state index contributed by atoms with van der Waals surface area (Å²) in [6.07, 6.45) is 3.24. The number of hydrogen-bond donors (Lipinski definition) is 1. The molecule has 2 atom stereocenters. The fourth-order valence-corrected chi connectivity index (χ4v) is 4.78. The third-order valence-electron chi connectivity index (χ3n) is 4.61. The van der Waals surface area contributed by atoms with Gasteiger partial charge in [-0.1, -0.05) is 0 Å². The molecule has 2 aliphatic rings. The van der Waals surface area contributed by atoms with Crippen LogP contribution in [0, 0.1) is 0 Å². The molecule has 3 heterocycles. The highest BCUT2D eigenvalue weighted by Crippen LogP contribution is 2.33. The third-order valence-corrected chi connectivity index (χ3v) is 6.20. The van der Waals surface area contributed by atoms with Gasteiger partial charge in [-0.2, -0.15) is 12.7 Å². The fourth-order valence-electron chi connectivity index (χ4n) is 3.25. The average Bonchev–Trinajstić information content (AvgIpc) is 3.24. The van der Waals surface area contributed by atoms with E-state index in [1.807, 2.05) is 13.0 Å².